The normalized spacial score (nSPS) is 12.0. The number of hydrogen-bond donors (Lipinski definition) is 0. The summed E-state index contributed by atoms with van der Waals surface area (Å²) in [6.07, 6.45) is 7.16. The Morgan fingerprint density at radius 2 is 2.00 bits per heavy atom. The van der Waals surface area contributed by atoms with Gasteiger partial charge in [-0.15, -0.1) is 6.42 Å². The molecule has 0 amide bonds. The molecule has 0 bridgehead atoms. The summed E-state index contributed by atoms with van der Waals surface area (Å²) in [7, 11) is 0. The first kappa shape index (κ1) is 17.8. The van der Waals surface area contributed by atoms with Crippen LogP contribution in [0.25, 0.3) is 22.1 Å². The van der Waals surface area contributed by atoms with Crippen molar-refractivity contribution in [3.63, 3.8) is 0 Å². The molecule has 0 saturated carbocycles. The Hall–Kier alpha value is -1.64. The maximum absolute atomic E-state index is 12.8. The summed E-state index contributed by atoms with van der Waals surface area (Å²) in [5, 5.41) is 0. The Morgan fingerprint density at radius 3 is 2.73 bits per heavy atom. The van der Waals surface area contributed by atoms with Gasteiger partial charge in [-0.05, 0) is 81.1 Å². The highest BCUT2D eigenvalue weighted by molar-refractivity contribution is 14.1. The molecular formula is C19H10I2N2O2S. The SMILES string of the molecule is C#CCOc1c(I)cc(/C=c2\sc3nc4ccccc4n3c2=O)cc1I. The van der Waals surface area contributed by atoms with Crippen molar-refractivity contribution in [1.82, 2.24) is 9.38 Å². The van der Waals surface area contributed by atoms with E-state index >= 15 is 0 Å². The molecule has 4 rings (SSSR count). The summed E-state index contributed by atoms with van der Waals surface area (Å²) in [4.78, 5) is 18.1. The van der Waals surface area contributed by atoms with Crippen LogP contribution in [0.1, 0.15) is 5.56 Å². The lowest BCUT2D eigenvalue weighted by Gasteiger charge is -2.08. The van der Waals surface area contributed by atoms with E-state index in [4.69, 9.17) is 11.2 Å². The van der Waals surface area contributed by atoms with Crippen molar-refractivity contribution in [2.75, 3.05) is 6.61 Å². The molecule has 0 spiro atoms. The van der Waals surface area contributed by atoms with E-state index in [1.54, 1.807) is 4.40 Å². The fourth-order valence-electron chi connectivity index (χ4n) is 2.68. The number of ether oxygens (including phenoxy) is 1. The number of terminal acetylenes is 1. The molecule has 2 heterocycles. The predicted octanol–water partition coefficient (Wildman–Crippen LogP) is 3.68. The van der Waals surface area contributed by atoms with Gasteiger partial charge in [0.1, 0.15) is 12.4 Å². The van der Waals surface area contributed by atoms with Gasteiger partial charge in [-0.25, -0.2) is 9.38 Å². The van der Waals surface area contributed by atoms with Crippen LogP contribution < -0.4 is 14.8 Å². The molecule has 128 valence electrons. The van der Waals surface area contributed by atoms with Crippen molar-refractivity contribution in [3.05, 3.63) is 64.0 Å². The van der Waals surface area contributed by atoms with Crippen LogP contribution in [0, 0.1) is 19.5 Å². The van der Waals surface area contributed by atoms with E-state index in [1.165, 1.54) is 11.3 Å². The molecule has 0 aliphatic rings. The minimum absolute atomic E-state index is 0.0450. The molecule has 7 heteroatoms. The summed E-state index contributed by atoms with van der Waals surface area (Å²) >= 11 is 5.83. The van der Waals surface area contributed by atoms with Crippen LogP contribution in [0.2, 0.25) is 0 Å². The Kier molecular flexibility index (Phi) is 4.90. The number of nitrogens with zero attached hydrogens (tertiary/aromatic N) is 2. The number of hydrogen-bond acceptors (Lipinski definition) is 4. The van der Waals surface area contributed by atoms with Crippen molar-refractivity contribution < 1.29 is 4.74 Å². The zero-order valence-electron chi connectivity index (χ0n) is 13.2. The molecule has 0 saturated heterocycles. The molecule has 0 fully saturated rings. The molecule has 2 aromatic carbocycles. The van der Waals surface area contributed by atoms with Gasteiger partial charge in [0.25, 0.3) is 5.56 Å². The first-order valence-electron chi connectivity index (χ1n) is 7.55. The predicted molar refractivity (Wildman–Crippen MR) is 122 cm³/mol. The highest BCUT2D eigenvalue weighted by Crippen LogP contribution is 2.29. The van der Waals surface area contributed by atoms with Gasteiger partial charge in [0.2, 0.25) is 0 Å². The lowest BCUT2D eigenvalue weighted by atomic mass is 10.2. The quantitative estimate of drug-likeness (QED) is 0.273. The number of para-hydroxylation sites is 2. The van der Waals surface area contributed by atoms with Crippen molar-refractivity contribution in [1.29, 1.82) is 0 Å². The van der Waals surface area contributed by atoms with E-state index in [-0.39, 0.29) is 12.2 Å². The molecule has 0 aliphatic carbocycles. The second kappa shape index (κ2) is 7.17. The highest BCUT2D eigenvalue weighted by atomic mass is 127. The van der Waals surface area contributed by atoms with Gasteiger partial charge in [-0.1, -0.05) is 29.4 Å². The van der Waals surface area contributed by atoms with Crippen molar-refractivity contribution in [2.45, 2.75) is 0 Å². The van der Waals surface area contributed by atoms with Crippen LogP contribution in [0.3, 0.4) is 0 Å². The molecule has 4 nitrogen and oxygen atoms in total. The topological polar surface area (TPSA) is 43.6 Å². The van der Waals surface area contributed by atoms with Crippen LogP contribution in [-0.2, 0) is 0 Å². The van der Waals surface area contributed by atoms with Gasteiger partial charge in [0.15, 0.2) is 4.96 Å². The molecule has 4 aromatic rings. The fourth-order valence-corrected chi connectivity index (χ4v) is 5.79. The fraction of sp³-hybridized carbons (Fsp3) is 0.0526. The van der Waals surface area contributed by atoms with Crippen molar-refractivity contribution in [2.24, 2.45) is 0 Å². The number of thiazole rings is 1. The van der Waals surface area contributed by atoms with Gasteiger partial charge in [0.05, 0.1) is 22.7 Å². The number of aromatic nitrogens is 2. The molecule has 0 atom stereocenters. The Labute approximate surface area is 180 Å². The second-order valence-corrected chi connectivity index (χ2v) is 8.77. The first-order chi connectivity index (χ1) is 12.6. The third kappa shape index (κ3) is 3.10. The van der Waals surface area contributed by atoms with Crippen LogP contribution >= 0.6 is 56.5 Å². The van der Waals surface area contributed by atoms with E-state index in [0.29, 0.717) is 9.49 Å². The highest BCUT2D eigenvalue weighted by Gasteiger charge is 2.12. The number of benzene rings is 2. The van der Waals surface area contributed by atoms with Crippen LogP contribution in [0.15, 0.2) is 41.2 Å². The van der Waals surface area contributed by atoms with Crippen LogP contribution in [-0.4, -0.2) is 16.0 Å². The van der Waals surface area contributed by atoms with E-state index in [2.05, 4.69) is 56.1 Å². The molecule has 0 radical (unpaired) electrons. The Morgan fingerprint density at radius 1 is 1.27 bits per heavy atom. The molecular weight excluding hydrogens is 574 g/mol. The minimum Gasteiger partial charge on any atom is -0.479 e. The summed E-state index contributed by atoms with van der Waals surface area (Å²) in [5.41, 5.74) is 2.57. The Bertz CT molecular complexity index is 1280. The standard InChI is InChI=1S/C19H10I2N2O2S/c1-2-7-25-17-12(20)8-11(9-13(17)21)10-16-18(24)23-15-6-4-3-5-14(15)22-19(23)26-16/h1,3-6,8-10H,7H2/b16-10-. The second-order valence-electron chi connectivity index (χ2n) is 5.44. The average molecular weight is 584 g/mol. The third-order valence-electron chi connectivity index (χ3n) is 3.76. The lowest BCUT2D eigenvalue weighted by Crippen LogP contribution is -2.22. The minimum atomic E-state index is -0.0450. The summed E-state index contributed by atoms with van der Waals surface area (Å²) in [6.45, 7) is 0.231. The molecule has 26 heavy (non-hydrogen) atoms. The number of rotatable bonds is 3. The Balaban J connectivity index is 1.85. The first-order valence-corrected chi connectivity index (χ1v) is 10.5. The van der Waals surface area contributed by atoms with Gasteiger partial charge < -0.3 is 4.74 Å². The molecule has 0 aliphatic heterocycles. The average Bonchev–Trinajstić information content (AvgIpc) is 3.11. The monoisotopic (exact) mass is 584 g/mol. The maximum atomic E-state index is 12.8. The third-order valence-corrected chi connectivity index (χ3v) is 6.33. The molecule has 0 unspecified atom stereocenters. The zero-order chi connectivity index (χ0) is 18.3. The summed E-state index contributed by atoms with van der Waals surface area (Å²) in [5.74, 6) is 3.25. The number of imidazole rings is 1. The van der Waals surface area contributed by atoms with Crippen molar-refractivity contribution >= 4 is 78.6 Å². The van der Waals surface area contributed by atoms with Crippen molar-refractivity contribution in [3.8, 4) is 18.1 Å². The summed E-state index contributed by atoms with van der Waals surface area (Å²) in [6, 6.07) is 11.6. The lowest BCUT2D eigenvalue weighted by molar-refractivity contribution is 0.365. The molecule has 2 aromatic heterocycles. The van der Waals surface area contributed by atoms with E-state index in [0.717, 1.165) is 29.5 Å². The zero-order valence-corrected chi connectivity index (χ0v) is 18.3. The van der Waals surface area contributed by atoms with Gasteiger partial charge >= 0.3 is 0 Å². The number of fused-ring (bicyclic) bond motifs is 3. The van der Waals surface area contributed by atoms with E-state index in [9.17, 15) is 4.79 Å². The van der Waals surface area contributed by atoms with Crippen LogP contribution in [0.5, 0.6) is 5.75 Å². The van der Waals surface area contributed by atoms with E-state index < -0.39 is 0 Å². The molecule has 0 N–H and O–H groups in total. The largest absolute Gasteiger partial charge is 0.479 e. The van der Waals surface area contributed by atoms with E-state index in [1.807, 2.05) is 42.5 Å². The van der Waals surface area contributed by atoms with Gasteiger partial charge in [0, 0.05) is 0 Å². The van der Waals surface area contributed by atoms with Gasteiger partial charge in [-0.2, -0.15) is 0 Å². The van der Waals surface area contributed by atoms with Crippen LogP contribution in [0.4, 0.5) is 0 Å². The number of halogens is 2. The maximum Gasteiger partial charge on any atom is 0.274 e. The summed E-state index contributed by atoms with van der Waals surface area (Å²) < 4.78 is 9.83. The smallest absolute Gasteiger partial charge is 0.274 e. The van der Waals surface area contributed by atoms with Gasteiger partial charge in [-0.3, -0.25) is 4.79 Å².